The van der Waals surface area contributed by atoms with Crippen molar-refractivity contribution in [1.82, 2.24) is 20.8 Å². The molecule has 6 nitrogen and oxygen atoms in total. The van der Waals surface area contributed by atoms with E-state index >= 15 is 0 Å². The number of urea groups is 1. The number of thiazole rings is 1. The first-order chi connectivity index (χ1) is 10.5. The minimum atomic E-state index is -0.176. The zero-order valence-electron chi connectivity index (χ0n) is 13.0. The lowest BCUT2D eigenvalue weighted by Gasteiger charge is -2.16. The van der Waals surface area contributed by atoms with Crippen molar-refractivity contribution >= 4 is 17.4 Å². The van der Waals surface area contributed by atoms with Crippen molar-refractivity contribution in [3.05, 3.63) is 33.1 Å². The van der Waals surface area contributed by atoms with E-state index in [1.165, 1.54) is 0 Å². The number of nitrogens with one attached hydrogen (secondary N) is 2. The lowest BCUT2D eigenvalue weighted by Crippen LogP contribution is -2.38. The van der Waals surface area contributed by atoms with Crippen LogP contribution in [0.25, 0.3) is 0 Å². The molecule has 0 saturated heterocycles. The Morgan fingerprint density at radius 1 is 1.45 bits per heavy atom. The van der Waals surface area contributed by atoms with Gasteiger partial charge in [0.25, 0.3) is 0 Å². The van der Waals surface area contributed by atoms with Gasteiger partial charge in [0.05, 0.1) is 11.7 Å². The number of hydrogen-bond donors (Lipinski definition) is 2. The van der Waals surface area contributed by atoms with E-state index in [1.54, 1.807) is 11.3 Å². The van der Waals surface area contributed by atoms with E-state index in [9.17, 15) is 4.79 Å². The molecule has 1 fully saturated rings. The number of nitrogens with zero attached hydrogens (tertiary/aromatic N) is 2. The zero-order chi connectivity index (χ0) is 15.7. The molecule has 1 saturated carbocycles. The van der Waals surface area contributed by atoms with Gasteiger partial charge < -0.3 is 15.2 Å². The van der Waals surface area contributed by atoms with Gasteiger partial charge in [-0.3, -0.25) is 0 Å². The summed E-state index contributed by atoms with van der Waals surface area (Å²) in [5, 5.41) is 12.8. The van der Waals surface area contributed by atoms with Gasteiger partial charge in [-0.2, -0.15) is 0 Å². The third-order valence-electron chi connectivity index (χ3n) is 3.89. The minimum absolute atomic E-state index is 0.0170. The van der Waals surface area contributed by atoms with E-state index in [4.69, 9.17) is 4.52 Å². The predicted octanol–water partition coefficient (Wildman–Crippen LogP) is 3.01. The molecule has 1 aliphatic rings. The molecule has 2 aromatic rings. The highest BCUT2D eigenvalue weighted by atomic mass is 32.1. The summed E-state index contributed by atoms with van der Waals surface area (Å²) in [6.07, 6.45) is 2.29. The van der Waals surface area contributed by atoms with Crippen LogP contribution in [0.2, 0.25) is 0 Å². The highest BCUT2D eigenvalue weighted by Crippen LogP contribution is 2.41. The average molecular weight is 320 g/mol. The summed E-state index contributed by atoms with van der Waals surface area (Å²) in [4.78, 5) is 16.7. The number of carbonyl (C=O) groups excluding carboxylic acids is 1. The highest BCUT2D eigenvalue weighted by Gasteiger charge is 2.35. The van der Waals surface area contributed by atoms with E-state index in [0.29, 0.717) is 12.5 Å². The van der Waals surface area contributed by atoms with E-state index < -0.39 is 0 Å². The third kappa shape index (κ3) is 3.30. The Labute approximate surface area is 133 Å². The molecule has 0 aromatic carbocycles. The molecule has 2 amide bonds. The summed E-state index contributed by atoms with van der Waals surface area (Å²) in [5.41, 5.74) is 2.75. The Kier molecular flexibility index (Phi) is 4.15. The van der Waals surface area contributed by atoms with Crippen LogP contribution in [0, 0.1) is 26.7 Å². The second-order valence-corrected chi connectivity index (χ2v) is 6.66. The Morgan fingerprint density at radius 3 is 2.77 bits per heavy atom. The van der Waals surface area contributed by atoms with Crippen LogP contribution in [-0.2, 0) is 6.54 Å². The number of rotatable bonds is 5. The molecule has 3 rings (SSSR count). The topological polar surface area (TPSA) is 80.0 Å². The van der Waals surface area contributed by atoms with Crippen molar-refractivity contribution in [1.29, 1.82) is 0 Å². The molecule has 118 valence electrons. The van der Waals surface area contributed by atoms with Gasteiger partial charge in [-0.05, 0) is 39.5 Å². The molecule has 7 heteroatoms. The molecule has 0 bridgehead atoms. The van der Waals surface area contributed by atoms with Gasteiger partial charge in [0, 0.05) is 23.2 Å². The van der Waals surface area contributed by atoms with Crippen molar-refractivity contribution in [3.63, 3.8) is 0 Å². The van der Waals surface area contributed by atoms with Crippen molar-refractivity contribution in [3.8, 4) is 0 Å². The quantitative estimate of drug-likeness (QED) is 0.887. The van der Waals surface area contributed by atoms with Gasteiger partial charge in [-0.25, -0.2) is 9.78 Å². The monoisotopic (exact) mass is 320 g/mol. The molecular formula is C15H20N4O2S. The molecule has 2 N–H and O–H groups in total. The molecule has 0 radical (unpaired) electrons. The van der Waals surface area contributed by atoms with Crippen LogP contribution in [0.1, 0.15) is 46.6 Å². The summed E-state index contributed by atoms with van der Waals surface area (Å²) in [7, 11) is 0. The maximum absolute atomic E-state index is 12.2. The normalized spacial score (nSPS) is 15.6. The molecule has 1 aliphatic carbocycles. The fourth-order valence-electron chi connectivity index (χ4n) is 2.44. The number of amides is 2. The average Bonchev–Trinajstić information content (AvgIpc) is 3.16. The number of aromatic nitrogens is 2. The van der Waals surface area contributed by atoms with Crippen molar-refractivity contribution in [2.45, 2.75) is 46.2 Å². The standard InChI is InChI=1S/C15H20N4O2S/c1-8-7-22-14(17-8)13(11-4-5-11)18-15(20)16-6-12-9(2)19-21-10(12)3/h7,11,13H,4-6H2,1-3H3,(H2,16,18,20)/t13-/m1/s1. The summed E-state index contributed by atoms with van der Waals surface area (Å²) in [6.45, 7) is 6.11. The van der Waals surface area contributed by atoms with Gasteiger partial charge in [0.2, 0.25) is 0 Å². The lowest BCUT2D eigenvalue weighted by molar-refractivity contribution is 0.235. The highest BCUT2D eigenvalue weighted by molar-refractivity contribution is 7.09. The molecule has 2 aromatic heterocycles. The predicted molar refractivity (Wildman–Crippen MR) is 83.7 cm³/mol. The first-order valence-corrected chi connectivity index (χ1v) is 8.30. The van der Waals surface area contributed by atoms with Gasteiger partial charge in [0.15, 0.2) is 0 Å². The Hall–Kier alpha value is -1.89. The maximum Gasteiger partial charge on any atom is 0.315 e. The van der Waals surface area contributed by atoms with E-state index in [-0.39, 0.29) is 12.1 Å². The van der Waals surface area contributed by atoms with Gasteiger partial charge in [0.1, 0.15) is 10.8 Å². The molecule has 0 unspecified atom stereocenters. The summed E-state index contributed by atoms with van der Waals surface area (Å²) < 4.78 is 5.10. The van der Waals surface area contributed by atoms with E-state index in [0.717, 1.165) is 40.6 Å². The van der Waals surface area contributed by atoms with Crippen LogP contribution in [0.15, 0.2) is 9.90 Å². The third-order valence-corrected chi connectivity index (χ3v) is 4.94. The fourth-order valence-corrected chi connectivity index (χ4v) is 3.38. The van der Waals surface area contributed by atoms with Crippen LogP contribution >= 0.6 is 11.3 Å². The van der Waals surface area contributed by atoms with Gasteiger partial charge in [-0.1, -0.05) is 5.16 Å². The summed E-state index contributed by atoms with van der Waals surface area (Å²) in [6, 6.07) is -0.159. The Morgan fingerprint density at radius 2 is 2.23 bits per heavy atom. The van der Waals surface area contributed by atoms with Crippen molar-refractivity contribution in [2.24, 2.45) is 5.92 Å². The number of hydrogen-bond acceptors (Lipinski definition) is 5. The second kappa shape index (κ2) is 6.08. The summed E-state index contributed by atoms with van der Waals surface area (Å²) in [5.74, 6) is 1.25. The van der Waals surface area contributed by atoms with Crippen LogP contribution in [0.4, 0.5) is 4.79 Å². The first kappa shape index (κ1) is 15.0. The molecule has 1 atom stereocenters. The smallest absolute Gasteiger partial charge is 0.315 e. The van der Waals surface area contributed by atoms with Crippen LogP contribution in [0.3, 0.4) is 0 Å². The van der Waals surface area contributed by atoms with Crippen molar-refractivity contribution < 1.29 is 9.32 Å². The van der Waals surface area contributed by atoms with E-state index in [2.05, 4.69) is 20.8 Å². The molecular weight excluding hydrogens is 300 g/mol. The maximum atomic E-state index is 12.2. The van der Waals surface area contributed by atoms with Gasteiger partial charge >= 0.3 is 6.03 Å². The van der Waals surface area contributed by atoms with Crippen LogP contribution in [-0.4, -0.2) is 16.2 Å². The fraction of sp³-hybridized carbons (Fsp3) is 0.533. The Balaban J connectivity index is 1.60. The SMILES string of the molecule is Cc1csc([C@H](NC(=O)NCc2c(C)noc2C)C2CC2)n1. The number of aryl methyl sites for hydroxylation is 3. The first-order valence-electron chi connectivity index (χ1n) is 7.42. The minimum Gasteiger partial charge on any atom is -0.361 e. The zero-order valence-corrected chi connectivity index (χ0v) is 13.8. The van der Waals surface area contributed by atoms with E-state index in [1.807, 2.05) is 26.2 Å². The molecule has 22 heavy (non-hydrogen) atoms. The van der Waals surface area contributed by atoms with Gasteiger partial charge in [-0.15, -0.1) is 11.3 Å². The second-order valence-electron chi connectivity index (χ2n) is 5.77. The number of carbonyl (C=O) groups is 1. The van der Waals surface area contributed by atoms with Crippen molar-refractivity contribution in [2.75, 3.05) is 0 Å². The molecule has 2 heterocycles. The largest absolute Gasteiger partial charge is 0.361 e. The Bertz CT molecular complexity index is 655. The molecule has 0 spiro atoms. The summed E-state index contributed by atoms with van der Waals surface area (Å²) >= 11 is 1.61. The lowest BCUT2D eigenvalue weighted by atomic mass is 10.2. The van der Waals surface area contributed by atoms with Crippen LogP contribution < -0.4 is 10.6 Å². The van der Waals surface area contributed by atoms with Crippen LogP contribution in [0.5, 0.6) is 0 Å². The molecule has 0 aliphatic heterocycles.